The Bertz CT molecular complexity index is 434. The number of hydrogen-bond acceptors (Lipinski definition) is 4. The molecule has 0 heterocycles. The third kappa shape index (κ3) is 3.90. The molecule has 0 fully saturated rings. The molecule has 0 saturated carbocycles. The summed E-state index contributed by atoms with van der Waals surface area (Å²) >= 11 is 1.90. The number of benzene rings is 1. The van der Waals surface area contributed by atoms with Gasteiger partial charge in [-0.3, -0.25) is 4.79 Å². The lowest BCUT2D eigenvalue weighted by Gasteiger charge is -2.30. The molecule has 0 radical (unpaired) electrons. The number of rotatable bonds is 7. The summed E-state index contributed by atoms with van der Waals surface area (Å²) in [5, 5.41) is 3.43. The first-order valence-corrected chi connectivity index (χ1v) is 7.90. The number of anilines is 2. The van der Waals surface area contributed by atoms with E-state index < -0.39 is 0 Å². The Kier molecular flexibility index (Phi) is 5.73. The molecule has 1 aromatic carbocycles. The van der Waals surface area contributed by atoms with Crippen molar-refractivity contribution in [2.24, 2.45) is 0 Å². The van der Waals surface area contributed by atoms with Crippen molar-refractivity contribution in [1.29, 1.82) is 0 Å². The summed E-state index contributed by atoms with van der Waals surface area (Å²) in [6.07, 6.45) is 4.39. The number of nitrogen functional groups attached to an aromatic ring is 1. The standard InChI is InChI=1S/C15H24N2OS/c1-5-15(6-2,19-4)10-17-12-7-8-14(16)13(9-12)11(3)18/h7-9,17H,5-6,10,16H2,1-4H3. The van der Waals surface area contributed by atoms with Crippen molar-refractivity contribution in [3.63, 3.8) is 0 Å². The predicted octanol–water partition coefficient (Wildman–Crippen LogP) is 3.81. The van der Waals surface area contributed by atoms with Crippen LogP contribution in [0.4, 0.5) is 11.4 Å². The van der Waals surface area contributed by atoms with Gasteiger partial charge < -0.3 is 11.1 Å². The Balaban J connectivity index is 2.83. The van der Waals surface area contributed by atoms with E-state index in [0.717, 1.165) is 25.1 Å². The lowest BCUT2D eigenvalue weighted by molar-refractivity contribution is 0.101. The molecule has 0 aromatic heterocycles. The van der Waals surface area contributed by atoms with Gasteiger partial charge in [0, 0.05) is 28.2 Å². The van der Waals surface area contributed by atoms with E-state index in [1.165, 1.54) is 0 Å². The number of Topliss-reactive ketones (excluding diaryl/α,β-unsaturated/α-hetero) is 1. The minimum atomic E-state index is 0.00302. The molecule has 3 nitrogen and oxygen atoms in total. The van der Waals surface area contributed by atoms with Crippen LogP contribution in [0.3, 0.4) is 0 Å². The Labute approximate surface area is 120 Å². The zero-order valence-corrected chi connectivity index (χ0v) is 13.1. The molecule has 4 heteroatoms. The van der Waals surface area contributed by atoms with Gasteiger partial charge in [0.15, 0.2) is 5.78 Å². The third-order valence-electron chi connectivity index (χ3n) is 3.77. The Morgan fingerprint density at radius 2 is 2.00 bits per heavy atom. The largest absolute Gasteiger partial charge is 0.398 e. The van der Waals surface area contributed by atoms with Gasteiger partial charge >= 0.3 is 0 Å². The highest BCUT2D eigenvalue weighted by molar-refractivity contribution is 8.00. The van der Waals surface area contributed by atoms with Gasteiger partial charge in [-0.2, -0.15) is 11.8 Å². The lowest BCUT2D eigenvalue weighted by atomic mass is 10.0. The second-order valence-electron chi connectivity index (χ2n) is 4.81. The van der Waals surface area contributed by atoms with E-state index in [1.807, 2.05) is 23.9 Å². The molecule has 1 rings (SSSR count). The maximum Gasteiger partial charge on any atom is 0.161 e. The fraction of sp³-hybridized carbons (Fsp3) is 0.533. The highest BCUT2D eigenvalue weighted by Crippen LogP contribution is 2.31. The van der Waals surface area contributed by atoms with E-state index >= 15 is 0 Å². The van der Waals surface area contributed by atoms with Crippen LogP contribution < -0.4 is 11.1 Å². The smallest absolute Gasteiger partial charge is 0.161 e. The normalized spacial score (nSPS) is 11.4. The second kappa shape index (κ2) is 6.85. The lowest BCUT2D eigenvalue weighted by Crippen LogP contribution is -2.32. The summed E-state index contributed by atoms with van der Waals surface area (Å²) in [4.78, 5) is 11.5. The Hall–Kier alpha value is -1.16. The molecular weight excluding hydrogens is 256 g/mol. The molecule has 0 amide bonds. The van der Waals surface area contributed by atoms with Crippen LogP contribution in [0, 0.1) is 0 Å². The van der Waals surface area contributed by atoms with Crippen LogP contribution in [0.5, 0.6) is 0 Å². The minimum absolute atomic E-state index is 0.00302. The summed E-state index contributed by atoms with van der Waals surface area (Å²) in [5.41, 5.74) is 7.89. The van der Waals surface area contributed by atoms with Crippen LogP contribution >= 0.6 is 11.8 Å². The number of thioether (sulfide) groups is 1. The van der Waals surface area contributed by atoms with Gasteiger partial charge in [-0.25, -0.2) is 0 Å². The van der Waals surface area contributed by atoms with Crippen molar-refractivity contribution >= 4 is 28.9 Å². The van der Waals surface area contributed by atoms with E-state index in [2.05, 4.69) is 25.4 Å². The van der Waals surface area contributed by atoms with Gasteiger partial charge in [0.05, 0.1) is 0 Å². The van der Waals surface area contributed by atoms with Crippen LogP contribution in [0.2, 0.25) is 0 Å². The zero-order valence-electron chi connectivity index (χ0n) is 12.2. The first kappa shape index (κ1) is 15.9. The van der Waals surface area contributed by atoms with Gasteiger partial charge in [-0.1, -0.05) is 13.8 Å². The fourth-order valence-corrected chi connectivity index (χ4v) is 2.89. The van der Waals surface area contributed by atoms with E-state index in [1.54, 1.807) is 13.0 Å². The predicted molar refractivity (Wildman–Crippen MR) is 86.2 cm³/mol. The maximum atomic E-state index is 11.5. The van der Waals surface area contributed by atoms with Crippen LogP contribution in [0.25, 0.3) is 0 Å². The monoisotopic (exact) mass is 280 g/mol. The van der Waals surface area contributed by atoms with Crippen LogP contribution in [-0.2, 0) is 0 Å². The van der Waals surface area contributed by atoms with Gasteiger partial charge in [-0.05, 0) is 44.2 Å². The molecule has 0 unspecified atom stereocenters. The molecule has 0 atom stereocenters. The van der Waals surface area contributed by atoms with Crippen molar-refractivity contribution in [1.82, 2.24) is 0 Å². The minimum Gasteiger partial charge on any atom is -0.398 e. The zero-order chi connectivity index (χ0) is 14.5. The van der Waals surface area contributed by atoms with Gasteiger partial charge in [0.25, 0.3) is 0 Å². The van der Waals surface area contributed by atoms with Gasteiger partial charge in [-0.15, -0.1) is 0 Å². The Morgan fingerprint density at radius 1 is 1.37 bits per heavy atom. The van der Waals surface area contributed by atoms with Crippen molar-refractivity contribution in [3.05, 3.63) is 23.8 Å². The average molecular weight is 280 g/mol. The third-order valence-corrected chi connectivity index (χ3v) is 5.36. The summed E-state index contributed by atoms with van der Waals surface area (Å²) in [7, 11) is 0. The number of nitrogens with one attached hydrogen (secondary N) is 1. The van der Waals surface area contributed by atoms with Crippen molar-refractivity contribution in [2.75, 3.05) is 23.9 Å². The summed E-state index contributed by atoms with van der Waals surface area (Å²) in [5.74, 6) is 0.00302. The van der Waals surface area contributed by atoms with E-state index in [9.17, 15) is 4.79 Å². The first-order valence-electron chi connectivity index (χ1n) is 6.67. The highest BCUT2D eigenvalue weighted by Gasteiger charge is 2.24. The van der Waals surface area contributed by atoms with E-state index in [-0.39, 0.29) is 10.5 Å². The summed E-state index contributed by atoms with van der Waals surface area (Å²) in [6.45, 7) is 6.86. The number of ketones is 1. The van der Waals surface area contributed by atoms with Crippen molar-refractivity contribution in [3.8, 4) is 0 Å². The second-order valence-corrected chi connectivity index (χ2v) is 6.08. The van der Waals surface area contributed by atoms with Crippen molar-refractivity contribution in [2.45, 2.75) is 38.4 Å². The molecule has 106 valence electrons. The number of nitrogens with two attached hydrogens (primary N) is 1. The van der Waals surface area contributed by atoms with Crippen molar-refractivity contribution < 1.29 is 4.79 Å². The average Bonchev–Trinajstić information content (AvgIpc) is 2.42. The quantitative estimate of drug-likeness (QED) is 0.589. The fourth-order valence-electron chi connectivity index (χ4n) is 2.10. The molecule has 0 aliphatic carbocycles. The summed E-state index contributed by atoms with van der Waals surface area (Å²) < 4.78 is 0.248. The topological polar surface area (TPSA) is 55.1 Å². The molecule has 0 saturated heterocycles. The number of carbonyl (C=O) groups is 1. The van der Waals surface area contributed by atoms with Crippen LogP contribution in [-0.4, -0.2) is 23.3 Å². The van der Waals surface area contributed by atoms with Crippen LogP contribution in [0.1, 0.15) is 44.0 Å². The molecule has 0 bridgehead atoms. The molecule has 0 aliphatic rings. The Morgan fingerprint density at radius 3 is 2.47 bits per heavy atom. The molecular formula is C15H24N2OS. The first-order chi connectivity index (χ1) is 8.98. The van der Waals surface area contributed by atoms with Gasteiger partial charge in [0.2, 0.25) is 0 Å². The highest BCUT2D eigenvalue weighted by atomic mass is 32.2. The molecule has 0 aliphatic heterocycles. The van der Waals surface area contributed by atoms with E-state index in [0.29, 0.717) is 11.3 Å². The molecule has 0 spiro atoms. The SMILES string of the molecule is CCC(CC)(CNc1ccc(N)c(C(C)=O)c1)SC. The number of hydrogen-bond donors (Lipinski definition) is 2. The molecule has 1 aromatic rings. The molecule has 19 heavy (non-hydrogen) atoms. The van der Waals surface area contributed by atoms with Gasteiger partial charge in [0.1, 0.15) is 0 Å². The van der Waals surface area contributed by atoms with E-state index in [4.69, 9.17) is 5.73 Å². The summed E-state index contributed by atoms with van der Waals surface area (Å²) in [6, 6.07) is 5.56. The number of carbonyl (C=O) groups excluding carboxylic acids is 1. The maximum absolute atomic E-state index is 11.5. The molecule has 3 N–H and O–H groups in total. The van der Waals surface area contributed by atoms with Crippen LogP contribution in [0.15, 0.2) is 18.2 Å².